The van der Waals surface area contributed by atoms with Crippen molar-refractivity contribution < 1.29 is 18.0 Å². The number of benzene rings is 1. The number of rotatable bonds is 3. The van der Waals surface area contributed by atoms with Crippen molar-refractivity contribution in [1.82, 2.24) is 14.7 Å². The van der Waals surface area contributed by atoms with Crippen LogP contribution in [0.4, 0.5) is 13.2 Å². The van der Waals surface area contributed by atoms with Crippen LogP contribution in [0.5, 0.6) is 0 Å². The number of hydrogen-bond acceptors (Lipinski definition) is 3. The zero-order valence-corrected chi connectivity index (χ0v) is 13.6. The molecule has 3 aromatic rings. The Bertz CT molecular complexity index is 1030. The summed E-state index contributed by atoms with van der Waals surface area (Å²) in [5, 5.41) is 2.54. The normalized spacial score (nSPS) is 12.8. The van der Waals surface area contributed by atoms with E-state index in [1.807, 2.05) is 0 Å². The van der Waals surface area contributed by atoms with E-state index in [1.54, 1.807) is 25.1 Å². The number of halogens is 3. The summed E-state index contributed by atoms with van der Waals surface area (Å²) in [5.41, 5.74) is -0.873. The lowest BCUT2D eigenvalue weighted by molar-refractivity contribution is -0.137. The van der Waals surface area contributed by atoms with Gasteiger partial charge in [0, 0.05) is 12.4 Å². The molecular weight excluding hydrogens is 347 g/mol. The predicted molar refractivity (Wildman–Crippen MR) is 88.8 cm³/mol. The molecule has 1 unspecified atom stereocenters. The number of amides is 1. The monoisotopic (exact) mass is 361 g/mol. The van der Waals surface area contributed by atoms with Crippen LogP contribution in [-0.2, 0) is 6.18 Å². The lowest BCUT2D eigenvalue weighted by Crippen LogP contribution is -2.33. The van der Waals surface area contributed by atoms with E-state index in [0.29, 0.717) is 5.65 Å². The molecule has 0 aliphatic rings. The van der Waals surface area contributed by atoms with Gasteiger partial charge in [-0.3, -0.25) is 14.0 Å². The molecule has 0 bridgehead atoms. The Morgan fingerprint density at radius 2 is 1.96 bits per heavy atom. The van der Waals surface area contributed by atoms with Gasteiger partial charge in [0.25, 0.3) is 11.5 Å². The number of alkyl halides is 3. The first kappa shape index (κ1) is 17.7. The molecule has 134 valence electrons. The van der Waals surface area contributed by atoms with E-state index in [1.165, 1.54) is 22.7 Å². The van der Waals surface area contributed by atoms with E-state index < -0.39 is 29.2 Å². The molecule has 0 radical (unpaired) electrons. The predicted octanol–water partition coefficient (Wildman–Crippen LogP) is 3.20. The van der Waals surface area contributed by atoms with Crippen LogP contribution in [0.2, 0.25) is 0 Å². The van der Waals surface area contributed by atoms with Gasteiger partial charge in [-0.2, -0.15) is 13.2 Å². The summed E-state index contributed by atoms with van der Waals surface area (Å²) in [5.74, 6) is -0.703. The van der Waals surface area contributed by atoms with Gasteiger partial charge in [0.2, 0.25) is 0 Å². The van der Waals surface area contributed by atoms with E-state index >= 15 is 0 Å². The van der Waals surface area contributed by atoms with E-state index in [2.05, 4.69) is 10.3 Å². The summed E-state index contributed by atoms with van der Waals surface area (Å²) in [6, 6.07) is 8.91. The van der Waals surface area contributed by atoms with E-state index in [4.69, 9.17) is 0 Å². The molecule has 0 aliphatic heterocycles. The second-order valence-corrected chi connectivity index (χ2v) is 5.72. The molecule has 0 aliphatic carbocycles. The fraction of sp³-hybridized carbons (Fsp3) is 0.167. The molecule has 0 saturated carbocycles. The maximum Gasteiger partial charge on any atom is 0.416 e. The van der Waals surface area contributed by atoms with Crippen LogP contribution >= 0.6 is 0 Å². The molecule has 3 rings (SSSR count). The topological polar surface area (TPSA) is 63.5 Å². The molecule has 1 atom stereocenters. The minimum atomic E-state index is -4.47. The fourth-order valence-corrected chi connectivity index (χ4v) is 2.52. The minimum Gasteiger partial charge on any atom is -0.345 e. The first-order chi connectivity index (χ1) is 12.3. The molecule has 8 heteroatoms. The summed E-state index contributed by atoms with van der Waals surface area (Å²) in [4.78, 5) is 28.8. The van der Waals surface area contributed by atoms with Gasteiger partial charge in [0.1, 0.15) is 11.2 Å². The first-order valence-corrected chi connectivity index (χ1v) is 7.72. The molecule has 1 aromatic carbocycles. The zero-order valence-electron chi connectivity index (χ0n) is 13.6. The third kappa shape index (κ3) is 3.44. The summed E-state index contributed by atoms with van der Waals surface area (Å²) in [7, 11) is 0. The molecule has 1 amide bonds. The standard InChI is InChI=1S/C18H14F3N3O2/c1-11(12-5-4-6-13(9-12)18(19,20)21)23-16(25)14-10-22-15-7-2-3-8-24(15)17(14)26/h2-11H,1H3,(H,23,25). The zero-order chi connectivity index (χ0) is 18.9. The highest BCUT2D eigenvalue weighted by Gasteiger charge is 2.30. The van der Waals surface area contributed by atoms with Gasteiger partial charge in [0.15, 0.2) is 0 Å². The first-order valence-electron chi connectivity index (χ1n) is 7.72. The molecule has 0 fully saturated rings. The van der Waals surface area contributed by atoms with Crippen LogP contribution in [0.25, 0.3) is 5.65 Å². The summed E-state index contributed by atoms with van der Waals surface area (Å²) in [6.45, 7) is 1.54. The van der Waals surface area contributed by atoms with Crippen molar-refractivity contribution in [3.63, 3.8) is 0 Å². The summed E-state index contributed by atoms with van der Waals surface area (Å²) < 4.78 is 39.7. The highest BCUT2D eigenvalue weighted by atomic mass is 19.4. The Balaban J connectivity index is 1.86. The SMILES string of the molecule is CC(NC(=O)c1cnc2ccccn2c1=O)c1cccc(C(F)(F)F)c1. The average molecular weight is 361 g/mol. The van der Waals surface area contributed by atoms with Crippen molar-refractivity contribution >= 4 is 11.6 Å². The lowest BCUT2D eigenvalue weighted by Gasteiger charge is -2.16. The van der Waals surface area contributed by atoms with Crippen LogP contribution in [0, 0.1) is 0 Å². The molecule has 0 saturated heterocycles. The molecule has 26 heavy (non-hydrogen) atoms. The number of carbonyl (C=O) groups excluding carboxylic acids is 1. The van der Waals surface area contributed by atoms with Crippen molar-refractivity contribution in [3.8, 4) is 0 Å². The fourth-order valence-electron chi connectivity index (χ4n) is 2.52. The molecule has 5 nitrogen and oxygen atoms in total. The van der Waals surface area contributed by atoms with Crippen molar-refractivity contribution in [3.05, 3.63) is 81.9 Å². The second kappa shape index (κ2) is 6.62. The molecule has 0 spiro atoms. The van der Waals surface area contributed by atoms with Gasteiger partial charge < -0.3 is 5.32 Å². The Morgan fingerprint density at radius 1 is 1.19 bits per heavy atom. The van der Waals surface area contributed by atoms with Crippen molar-refractivity contribution in [2.75, 3.05) is 0 Å². The Morgan fingerprint density at radius 3 is 2.69 bits per heavy atom. The second-order valence-electron chi connectivity index (χ2n) is 5.72. The largest absolute Gasteiger partial charge is 0.416 e. The molecule has 1 N–H and O–H groups in total. The number of nitrogens with zero attached hydrogens (tertiary/aromatic N) is 2. The summed E-state index contributed by atoms with van der Waals surface area (Å²) in [6.07, 6.45) is -1.83. The van der Waals surface area contributed by atoms with Crippen LogP contribution in [0.3, 0.4) is 0 Å². The molecular formula is C18H14F3N3O2. The van der Waals surface area contributed by atoms with Crippen molar-refractivity contribution in [2.24, 2.45) is 0 Å². The average Bonchev–Trinajstić information content (AvgIpc) is 2.61. The number of aromatic nitrogens is 2. The van der Waals surface area contributed by atoms with Gasteiger partial charge in [-0.15, -0.1) is 0 Å². The lowest BCUT2D eigenvalue weighted by atomic mass is 10.0. The summed E-state index contributed by atoms with van der Waals surface area (Å²) >= 11 is 0. The van der Waals surface area contributed by atoms with Crippen molar-refractivity contribution in [2.45, 2.75) is 19.1 Å². The quantitative estimate of drug-likeness (QED) is 0.779. The van der Waals surface area contributed by atoms with Crippen molar-refractivity contribution in [1.29, 1.82) is 0 Å². The highest BCUT2D eigenvalue weighted by molar-refractivity contribution is 5.94. The highest BCUT2D eigenvalue weighted by Crippen LogP contribution is 2.30. The molecule has 2 aromatic heterocycles. The Hall–Kier alpha value is -3.16. The van der Waals surface area contributed by atoms with Crippen LogP contribution in [0.1, 0.15) is 34.5 Å². The van der Waals surface area contributed by atoms with Gasteiger partial charge in [-0.05, 0) is 36.8 Å². The third-order valence-electron chi connectivity index (χ3n) is 3.92. The van der Waals surface area contributed by atoms with Crippen LogP contribution < -0.4 is 10.9 Å². The number of hydrogen-bond donors (Lipinski definition) is 1. The number of nitrogens with one attached hydrogen (secondary N) is 1. The maximum atomic E-state index is 12.8. The van der Waals surface area contributed by atoms with E-state index in [0.717, 1.165) is 18.3 Å². The van der Waals surface area contributed by atoms with E-state index in [9.17, 15) is 22.8 Å². The van der Waals surface area contributed by atoms with E-state index in [-0.39, 0.29) is 11.1 Å². The number of carbonyl (C=O) groups is 1. The number of fused-ring (bicyclic) bond motifs is 1. The maximum absolute atomic E-state index is 12.8. The minimum absolute atomic E-state index is 0.187. The molecule has 2 heterocycles. The smallest absolute Gasteiger partial charge is 0.345 e. The van der Waals surface area contributed by atoms with Crippen LogP contribution in [-0.4, -0.2) is 15.3 Å². The Kier molecular flexibility index (Phi) is 4.50. The Labute approximate surface area is 146 Å². The number of pyridine rings is 1. The van der Waals surface area contributed by atoms with Crippen LogP contribution in [0.15, 0.2) is 59.7 Å². The van der Waals surface area contributed by atoms with Gasteiger partial charge in [-0.1, -0.05) is 18.2 Å². The van der Waals surface area contributed by atoms with Gasteiger partial charge in [0.05, 0.1) is 11.6 Å². The third-order valence-corrected chi connectivity index (χ3v) is 3.92. The van der Waals surface area contributed by atoms with Gasteiger partial charge in [-0.25, -0.2) is 4.98 Å². The van der Waals surface area contributed by atoms with Gasteiger partial charge >= 0.3 is 6.18 Å².